The summed E-state index contributed by atoms with van der Waals surface area (Å²) in [7, 11) is 0. The number of hydrogen-bond donors (Lipinski definition) is 2. The summed E-state index contributed by atoms with van der Waals surface area (Å²) in [6.45, 7) is -0.526. The van der Waals surface area contributed by atoms with Crippen molar-refractivity contribution < 1.29 is 23.9 Å². The van der Waals surface area contributed by atoms with E-state index in [9.17, 15) is 14.4 Å². The Bertz CT molecular complexity index is 840. The molecule has 0 aliphatic heterocycles. The Labute approximate surface area is 142 Å². The minimum Gasteiger partial charge on any atom is -0.482 e. The zero-order valence-corrected chi connectivity index (χ0v) is 12.9. The van der Waals surface area contributed by atoms with Gasteiger partial charge in [0.2, 0.25) is 0 Å². The maximum atomic E-state index is 12.4. The van der Waals surface area contributed by atoms with Gasteiger partial charge in [0.25, 0.3) is 0 Å². The van der Waals surface area contributed by atoms with Gasteiger partial charge in [-0.3, -0.25) is 10.2 Å². The van der Waals surface area contributed by atoms with Gasteiger partial charge in [0.15, 0.2) is 12.4 Å². The summed E-state index contributed by atoms with van der Waals surface area (Å²) in [6, 6.07) is 14.4. The first-order chi connectivity index (χ1) is 12.0. The van der Waals surface area contributed by atoms with Gasteiger partial charge in [0.05, 0.1) is 11.6 Å². The number of carbonyl (C=O) groups excluding carboxylic acids is 3. The van der Waals surface area contributed by atoms with Crippen LogP contribution >= 0.6 is 0 Å². The van der Waals surface area contributed by atoms with Crippen LogP contribution in [0.2, 0.25) is 0 Å². The molecule has 0 unspecified atom stereocenters. The minimum atomic E-state index is -1.10. The average Bonchev–Trinajstić information content (AvgIpc) is 2.66. The number of nitrogens with two attached hydrogens (primary N) is 1. The molecule has 8 heteroatoms. The Morgan fingerprint density at radius 1 is 1.08 bits per heavy atom. The number of hydrogen-bond acceptors (Lipinski definition) is 7. The molecule has 0 saturated carbocycles. The van der Waals surface area contributed by atoms with Crippen LogP contribution in [-0.2, 0) is 9.53 Å². The fourth-order valence-corrected chi connectivity index (χ4v) is 1.89. The summed E-state index contributed by atoms with van der Waals surface area (Å²) in [5.41, 5.74) is 2.85. The molecule has 0 spiro atoms. The molecule has 0 aromatic heterocycles. The quantitative estimate of drug-likeness (QED) is 0.209. The standard InChI is InChI=1S/C17H13N3O5/c18-9-11-4-6-12(7-5-11)16(22)13-2-1-3-14(8-13)24-10-15(21)25-17(23)20-19/h1-8H,10,19H2,(H,20,23). The van der Waals surface area contributed by atoms with E-state index < -0.39 is 18.7 Å². The molecule has 1 amide bonds. The Balaban J connectivity index is 2.05. The first-order valence-corrected chi connectivity index (χ1v) is 7.02. The van der Waals surface area contributed by atoms with Gasteiger partial charge in [0, 0.05) is 11.1 Å². The number of ketones is 1. The van der Waals surface area contributed by atoms with Crippen LogP contribution in [0.5, 0.6) is 5.75 Å². The molecule has 0 saturated heterocycles. The van der Waals surface area contributed by atoms with E-state index in [2.05, 4.69) is 4.74 Å². The second-order valence-electron chi connectivity index (χ2n) is 4.74. The second kappa shape index (κ2) is 8.24. The number of benzene rings is 2. The molecular weight excluding hydrogens is 326 g/mol. The largest absolute Gasteiger partial charge is 0.482 e. The Kier molecular flexibility index (Phi) is 5.81. The van der Waals surface area contributed by atoms with Crippen molar-refractivity contribution in [1.29, 1.82) is 5.26 Å². The third-order valence-electron chi connectivity index (χ3n) is 3.05. The maximum absolute atomic E-state index is 12.4. The molecule has 0 fully saturated rings. The maximum Gasteiger partial charge on any atom is 0.429 e. The van der Waals surface area contributed by atoms with E-state index in [1.807, 2.05) is 6.07 Å². The minimum absolute atomic E-state index is 0.254. The fourth-order valence-electron chi connectivity index (χ4n) is 1.89. The number of nitrogens with zero attached hydrogens (tertiary/aromatic N) is 1. The van der Waals surface area contributed by atoms with Crippen LogP contribution in [0.15, 0.2) is 48.5 Å². The van der Waals surface area contributed by atoms with E-state index in [-0.39, 0.29) is 11.5 Å². The Morgan fingerprint density at radius 2 is 1.80 bits per heavy atom. The van der Waals surface area contributed by atoms with Crippen LogP contribution in [-0.4, -0.2) is 24.5 Å². The summed E-state index contributed by atoms with van der Waals surface area (Å²) >= 11 is 0. The topological polar surface area (TPSA) is 132 Å². The lowest BCUT2D eigenvalue weighted by Gasteiger charge is -2.07. The summed E-state index contributed by atoms with van der Waals surface area (Å²) in [5, 5.41) is 8.77. The van der Waals surface area contributed by atoms with E-state index >= 15 is 0 Å². The Morgan fingerprint density at radius 3 is 2.44 bits per heavy atom. The molecule has 0 heterocycles. The molecule has 2 aromatic carbocycles. The molecule has 8 nitrogen and oxygen atoms in total. The number of nitriles is 1. The van der Waals surface area contributed by atoms with Crippen LogP contribution in [0.4, 0.5) is 4.79 Å². The third-order valence-corrected chi connectivity index (χ3v) is 3.05. The smallest absolute Gasteiger partial charge is 0.429 e. The van der Waals surface area contributed by atoms with Gasteiger partial charge < -0.3 is 9.47 Å². The highest BCUT2D eigenvalue weighted by Crippen LogP contribution is 2.17. The van der Waals surface area contributed by atoms with E-state index in [0.717, 1.165) is 0 Å². The number of nitrogens with one attached hydrogen (secondary N) is 1. The van der Waals surface area contributed by atoms with E-state index in [0.29, 0.717) is 16.7 Å². The monoisotopic (exact) mass is 339 g/mol. The van der Waals surface area contributed by atoms with Crippen LogP contribution in [0.25, 0.3) is 0 Å². The lowest BCUT2D eigenvalue weighted by molar-refractivity contribution is -0.139. The molecule has 0 radical (unpaired) electrons. The zero-order valence-electron chi connectivity index (χ0n) is 12.9. The number of ether oxygens (including phenoxy) is 2. The molecule has 25 heavy (non-hydrogen) atoms. The third kappa shape index (κ3) is 4.89. The lowest BCUT2D eigenvalue weighted by Crippen LogP contribution is -2.33. The predicted molar refractivity (Wildman–Crippen MR) is 85.3 cm³/mol. The predicted octanol–water partition coefficient (Wildman–Crippen LogP) is 1.29. The van der Waals surface area contributed by atoms with E-state index in [1.165, 1.54) is 6.07 Å². The Hall–Kier alpha value is -3.70. The molecular formula is C17H13N3O5. The number of rotatable bonds is 5. The summed E-state index contributed by atoms with van der Waals surface area (Å²) in [6.07, 6.45) is -1.10. The van der Waals surface area contributed by atoms with Gasteiger partial charge in [-0.1, -0.05) is 12.1 Å². The number of amides is 1. The van der Waals surface area contributed by atoms with Gasteiger partial charge in [-0.2, -0.15) is 5.26 Å². The van der Waals surface area contributed by atoms with Crippen molar-refractivity contribution in [2.75, 3.05) is 6.61 Å². The second-order valence-corrected chi connectivity index (χ2v) is 4.74. The van der Waals surface area contributed by atoms with Gasteiger partial charge in [-0.05, 0) is 36.4 Å². The first kappa shape index (κ1) is 17.7. The SMILES string of the molecule is N#Cc1ccc(C(=O)c2cccc(OCC(=O)OC(=O)NN)c2)cc1. The van der Waals surface area contributed by atoms with Crippen LogP contribution in [0, 0.1) is 11.3 Å². The molecule has 126 valence electrons. The number of hydrazine groups is 1. The fraction of sp³-hybridized carbons (Fsp3) is 0.0588. The van der Waals surface area contributed by atoms with Crippen molar-refractivity contribution in [2.45, 2.75) is 0 Å². The normalized spacial score (nSPS) is 9.60. The van der Waals surface area contributed by atoms with Crippen molar-refractivity contribution in [3.05, 3.63) is 65.2 Å². The molecule has 0 bridgehead atoms. The van der Waals surface area contributed by atoms with Gasteiger partial charge in [-0.25, -0.2) is 15.4 Å². The zero-order chi connectivity index (χ0) is 18.2. The summed E-state index contributed by atoms with van der Waals surface area (Å²) in [5.74, 6) is 3.83. The van der Waals surface area contributed by atoms with Crippen molar-refractivity contribution in [3.63, 3.8) is 0 Å². The van der Waals surface area contributed by atoms with Crippen molar-refractivity contribution in [1.82, 2.24) is 5.43 Å². The van der Waals surface area contributed by atoms with E-state index in [1.54, 1.807) is 47.9 Å². The summed E-state index contributed by atoms with van der Waals surface area (Å²) < 4.78 is 9.44. The lowest BCUT2D eigenvalue weighted by atomic mass is 10.0. The average molecular weight is 339 g/mol. The van der Waals surface area contributed by atoms with Gasteiger partial charge in [-0.15, -0.1) is 0 Å². The van der Waals surface area contributed by atoms with Crippen molar-refractivity contribution in [3.8, 4) is 11.8 Å². The van der Waals surface area contributed by atoms with Crippen LogP contribution in [0.1, 0.15) is 21.5 Å². The molecule has 0 aliphatic carbocycles. The summed E-state index contributed by atoms with van der Waals surface area (Å²) in [4.78, 5) is 34.5. The van der Waals surface area contributed by atoms with Crippen molar-refractivity contribution >= 4 is 17.8 Å². The van der Waals surface area contributed by atoms with Crippen molar-refractivity contribution in [2.24, 2.45) is 5.84 Å². The molecule has 0 atom stereocenters. The highest BCUT2D eigenvalue weighted by atomic mass is 16.6. The number of carbonyl (C=O) groups is 3. The van der Waals surface area contributed by atoms with Crippen LogP contribution < -0.4 is 16.0 Å². The molecule has 2 aromatic rings. The highest BCUT2D eigenvalue weighted by molar-refractivity contribution is 6.09. The van der Waals surface area contributed by atoms with E-state index in [4.69, 9.17) is 15.8 Å². The van der Waals surface area contributed by atoms with Crippen LogP contribution in [0.3, 0.4) is 0 Å². The molecule has 0 aliphatic rings. The highest BCUT2D eigenvalue weighted by Gasteiger charge is 2.12. The number of esters is 1. The molecule has 2 rings (SSSR count). The first-order valence-electron chi connectivity index (χ1n) is 7.02. The van der Waals surface area contributed by atoms with Gasteiger partial charge >= 0.3 is 12.1 Å². The molecule has 3 N–H and O–H groups in total. The van der Waals surface area contributed by atoms with Gasteiger partial charge in [0.1, 0.15) is 5.75 Å².